The largest absolute Gasteiger partial charge is 0.497 e. The molecule has 0 fully saturated rings. The van der Waals surface area contributed by atoms with Gasteiger partial charge in [-0.1, -0.05) is 11.6 Å². The third kappa shape index (κ3) is 3.15. The van der Waals surface area contributed by atoms with Crippen molar-refractivity contribution in [2.24, 2.45) is 0 Å². The number of halogens is 1. The molecule has 0 saturated heterocycles. The number of aromatic amines is 1. The third-order valence-corrected chi connectivity index (χ3v) is 4.51. The highest BCUT2D eigenvalue weighted by Crippen LogP contribution is 2.36. The maximum absolute atomic E-state index is 12.8. The Kier molecular flexibility index (Phi) is 4.95. The van der Waals surface area contributed by atoms with Gasteiger partial charge < -0.3 is 24.5 Å². The number of carbonyl (C=O) groups is 1. The molecule has 1 aromatic heterocycles. The molecule has 26 heavy (non-hydrogen) atoms. The van der Waals surface area contributed by atoms with Gasteiger partial charge in [-0.25, -0.2) is 0 Å². The van der Waals surface area contributed by atoms with E-state index in [9.17, 15) is 4.79 Å². The zero-order valence-corrected chi connectivity index (χ0v) is 15.7. The molecular weight excluding hydrogens is 356 g/mol. The van der Waals surface area contributed by atoms with Crippen molar-refractivity contribution < 1.29 is 19.0 Å². The number of hydrogen-bond donors (Lipinski definition) is 2. The van der Waals surface area contributed by atoms with Crippen molar-refractivity contribution >= 4 is 34.1 Å². The molecule has 7 heteroatoms. The Morgan fingerprint density at radius 1 is 1.04 bits per heavy atom. The number of ether oxygens (including phenoxy) is 3. The number of amides is 1. The van der Waals surface area contributed by atoms with Gasteiger partial charge in [0, 0.05) is 29.1 Å². The second-order valence-corrected chi connectivity index (χ2v) is 6.08. The van der Waals surface area contributed by atoms with E-state index in [4.69, 9.17) is 25.8 Å². The minimum absolute atomic E-state index is 0.291. The van der Waals surface area contributed by atoms with Crippen LogP contribution in [0.2, 0.25) is 5.02 Å². The summed E-state index contributed by atoms with van der Waals surface area (Å²) < 4.78 is 15.7. The predicted molar refractivity (Wildman–Crippen MR) is 102 cm³/mol. The van der Waals surface area contributed by atoms with E-state index in [1.54, 1.807) is 19.2 Å². The molecule has 0 bridgehead atoms. The molecule has 0 aliphatic heterocycles. The van der Waals surface area contributed by atoms with Crippen molar-refractivity contribution in [3.63, 3.8) is 0 Å². The van der Waals surface area contributed by atoms with Gasteiger partial charge in [0.2, 0.25) is 0 Å². The molecule has 0 unspecified atom stereocenters. The van der Waals surface area contributed by atoms with E-state index in [0.717, 1.165) is 22.2 Å². The van der Waals surface area contributed by atoms with E-state index in [1.807, 2.05) is 25.1 Å². The number of H-pyrrole nitrogens is 1. The number of carbonyl (C=O) groups excluding carboxylic acids is 1. The average molecular weight is 375 g/mol. The maximum atomic E-state index is 12.8. The van der Waals surface area contributed by atoms with Gasteiger partial charge in [0.15, 0.2) is 0 Å². The van der Waals surface area contributed by atoms with Crippen LogP contribution in [-0.4, -0.2) is 32.2 Å². The lowest BCUT2D eigenvalue weighted by molar-refractivity contribution is 0.102. The van der Waals surface area contributed by atoms with Gasteiger partial charge in [-0.3, -0.25) is 4.79 Å². The normalized spacial score (nSPS) is 10.7. The molecule has 0 aliphatic carbocycles. The van der Waals surface area contributed by atoms with Gasteiger partial charge in [-0.2, -0.15) is 0 Å². The Morgan fingerprint density at radius 3 is 2.42 bits per heavy atom. The molecule has 2 N–H and O–H groups in total. The van der Waals surface area contributed by atoms with Crippen LogP contribution in [0.25, 0.3) is 10.9 Å². The zero-order chi connectivity index (χ0) is 18.8. The fraction of sp³-hybridized carbons (Fsp3) is 0.211. The predicted octanol–water partition coefficient (Wildman–Crippen LogP) is 4.41. The van der Waals surface area contributed by atoms with Crippen LogP contribution in [0.1, 0.15) is 16.1 Å². The van der Waals surface area contributed by atoms with Gasteiger partial charge in [0.25, 0.3) is 5.91 Å². The second-order valence-electron chi connectivity index (χ2n) is 5.68. The van der Waals surface area contributed by atoms with Crippen LogP contribution in [0, 0.1) is 6.92 Å². The quantitative estimate of drug-likeness (QED) is 0.694. The summed E-state index contributed by atoms with van der Waals surface area (Å²) in [6, 6.07) is 8.85. The standard InChI is InChI=1S/C19H19ClN2O4/c1-10-12-6-5-11(24-2)7-14(12)21-18(10)19(23)22-15-9-16(25-3)13(20)8-17(15)26-4/h5-9,21H,1-4H3,(H,22,23). The average Bonchev–Trinajstić information content (AvgIpc) is 2.98. The summed E-state index contributed by atoms with van der Waals surface area (Å²) >= 11 is 6.11. The SMILES string of the molecule is COc1ccc2c(C)c(C(=O)Nc3cc(OC)c(Cl)cc3OC)[nH]c2c1. The number of aryl methyl sites for hydroxylation is 1. The van der Waals surface area contributed by atoms with Crippen LogP contribution in [0.15, 0.2) is 30.3 Å². The van der Waals surface area contributed by atoms with Crippen LogP contribution >= 0.6 is 11.6 Å². The molecule has 0 spiro atoms. The van der Waals surface area contributed by atoms with E-state index in [1.165, 1.54) is 14.2 Å². The molecule has 6 nitrogen and oxygen atoms in total. The molecule has 2 aromatic carbocycles. The first-order chi connectivity index (χ1) is 12.5. The molecule has 1 amide bonds. The van der Waals surface area contributed by atoms with Gasteiger partial charge >= 0.3 is 0 Å². The van der Waals surface area contributed by atoms with Crippen LogP contribution < -0.4 is 19.5 Å². The Labute approximate surface area is 156 Å². The first kappa shape index (κ1) is 17.9. The van der Waals surface area contributed by atoms with Crippen LogP contribution in [-0.2, 0) is 0 Å². The minimum atomic E-state index is -0.291. The Hall–Kier alpha value is -2.86. The first-order valence-electron chi connectivity index (χ1n) is 7.87. The second kappa shape index (κ2) is 7.17. The molecule has 0 atom stereocenters. The summed E-state index contributed by atoms with van der Waals surface area (Å²) in [7, 11) is 4.62. The fourth-order valence-corrected chi connectivity index (χ4v) is 3.04. The van der Waals surface area contributed by atoms with Gasteiger partial charge in [0.1, 0.15) is 22.9 Å². The summed E-state index contributed by atoms with van der Waals surface area (Å²) in [6.07, 6.45) is 0. The zero-order valence-electron chi connectivity index (χ0n) is 14.9. The van der Waals surface area contributed by atoms with E-state index < -0.39 is 0 Å². The highest BCUT2D eigenvalue weighted by molar-refractivity contribution is 6.32. The number of rotatable bonds is 5. The topological polar surface area (TPSA) is 72.6 Å². The van der Waals surface area contributed by atoms with E-state index in [0.29, 0.717) is 27.9 Å². The van der Waals surface area contributed by atoms with Crippen LogP contribution in [0.3, 0.4) is 0 Å². The van der Waals surface area contributed by atoms with E-state index in [2.05, 4.69) is 10.3 Å². The van der Waals surface area contributed by atoms with Gasteiger partial charge in [-0.15, -0.1) is 0 Å². The third-order valence-electron chi connectivity index (χ3n) is 4.21. The molecule has 0 saturated carbocycles. The highest BCUT2D eigenvalue weighted by atomic mass is 35.5. The summed E-state index contributed by atoms with van der Waals surface area (Å²) in [6.45, 7) is 1.89. The van der Waals surface area contributed by atoms with Crippen LogP contribution in [0.5, 0.6) is 17.2 Å². The van der Waals surface area contributed by atoms with Crippen LogP contribution in [0.4, 0.5) is 5.69 Å². The van der Waals surface area contributed by atoms with Crippen molar-refractivity contribution in [3.05, 3.63) is 46.6 Å². The first-order valence-corrected chi connectivity index (χ1v) is 8.25. The molecule has 0 aliphatic rings. The number of benzene rings is 2. The number of methoxy groups -OCH3 is 3. The lowest BCUT2D eigenvalue weighted by Gasteiger charge is -2.13. The summed E-state index contributed by atoms with van der Waals surface area (Å²) in [5.41, 5.74) is 2.60. The molecule has 3 aromatic rings. The number of anilines is 1. The van der Waals surface area contributed by atoms with Crippen molar-refractivity contribution in [1.29, 1.82) is 0 Å². The Balaban J connectivity index is 1.98. The monoisotopic (exact) mass is 374 g/mol. The molecule has 1 heterocycles. The summed E-state index contributed by atoms with van der Waals surface area (Å²) in [5, 5.41) is 4.20. The lowest BCUT2D eigenvalue weighted by Crippen LogP contribution is -2.14. The summed E-state index contributed by atoms with van der Waals surface area (Å²) in [4.78, 5) is 16.0. The molecule has 136 valence electrons. The molecule has 0 radical (unpaired) electrons. The number of hydrogen-bond acceptors (Lipinski definition) is 4. The van der Waals surface area contributed by atoms with Gasteiger partial charge in [0.05, 0.1) is 32.0 Å². The summed E-state index contributed by atoms with van der Waals surface area (Å²) in [5.74, 6) is 1.32. The van der Waals surface area contributed by atoms with Crippen molar-refractivity contribution in [2.75, 3.05) is 26.6 Å². The minimum Gasteiger partial charge on any atom is -0.497 e. The van der Waals surface area contributed by atoms with Crippen molar-refractivity contribution in [1.82, 2.24) is 4.98 Å². The number of nitrogens with one attached hydrogen (secondary N) is 2. The lowest BCUT2D eigenvalue weighted by atomic mass is 10.1. The van der Waals surface area contributed by atoms with E-state index in [-0.39, 0.29) is 5.91 Å². The maximum Gasteiger partial charge on any atom is 0.272 e. The van der Waals surface area contributed by atoms with Gasteiger partial charge in [-0.05, 0) is 24.6 Å². The fourth-order valence-electron chi connectivity index (χ4n) is 2.81. The highest BCUT2D eigenvalue weighted by Gasteiger charge is 2.18. The van der Waals surface area contributed by atoms with E-state index >= 15 is 0 Å². The van der Waals surface area contributed by atoms with Crippen molar-refractivity contribution in [3.8, 4) is 17.2 Å². The van der Waals surface area contributed by atoms with Crippen molar-refractivity contribution in [2.45, 2.75) is 6.92 Å². The molecular formula is C19H19ClN2O4. The smallest absolute Gasteiger partial charge is 0.272 e. The number of fused-ring (bicyclic) bond motifs is 1. The Morgan fingerprint density at radius 2 is 1.77 bits per heavy atom. The number of aromatic nitrogens is 1. The molecule has 3 rings (SSSR count). The Bertz CT molecular complexity index is 981.